The molecule has 1 heterocycles. The molecule has 0 bridgehead atoms. The number of aliphatic hydroxyl groups is 1. The predicted molar refractivity (Wildman–Crippen MR) is 69.4 cm³/mol. The molecule has 3 heteroatoms. The van der Waals surface area contributed by atoms with Crippen molar-refractivity contribution in [2.75, 3.05) is 0 Å². The van der Waals surface area contributed by atoms with Crippen LogP contribution in [0.25, 0.3) is 10.9 Å². The Morgan fingerprint density at radius 3 is 3.06 bits per heavy atom. The molecule has 17 heavy (non-hydrogen) atoms. The Balaban J connectivity index is 2.39. The molecule has 0 spiro atoms. The van der Waals surface area contributed by atoms with Crippen molar-refractivity contribution in [1.29, 1.82) is 0 Å². The van der Waals surface area contributed by atoms with E-state index in [4.69, 9.17) is 11.6 Å². The SMILES string of the molecule is Cc1c2c(nc3c(Cl)cccc13)C(O)CCC2. The van der Waals surface area contributed by atoms with Crippen LogP contribution >= 0.6 is 11.6 Å². The molecule has 3 rings (SSSR count). The number of pyridine rings is 1. The van der Waals surface area contributed by atoms with Crippen molar-refractivity contribution in [3.63, 3.8) is 0 Å². The van der Waals surface area contributed by atoms with Crippen LogP contribution in [0.4, 0.5) is 0 Å². The number of aryl methyl sites for hydroxylation is 1. The molecule has 1 atom stereocenters. The smallest absolute Gasteiger partial charge is 0.0963 e. The second-order valence-electron chi connectivity index (χ2n) is 4.64. The van der Waals surface area contributed by atoms with E-state index in [9.17, 15) is 5.11 Å². The molecule has 1 aliphatic carbocycles. The fraction of sp³-hybridized carbons (Fsp3) is 0.357. The van der Waals surface area contributed by atoms with Crippen LogP contribution in [-0.4, -0.2) is 10.1 Å². The Labute approximate surface area is 105 Å². The van der Waals surface area contributed by atoms with Crippen LogP contribution in [0, 0.1) is 6.92 Å². The summed E-state index contributed by atoms with van der Waals surface area (Å²) in [6.07, 6.45) is 2.41. The average molecular weight is 248 g/mol. The number of aromatic nitrogens is 1. The van der Waals surface area contributed by atoms with E-state index in [1.807, 2.05) is 18.2 Å². The molecular formula is C14H14ClNO. The van der Waals surface area contributed by atoms with E-state index < -0.39 is 6.10 Å². The van der Waals surface area contributed by atoms with Crippen molar-refractivity contribution in [2.24, 2.45) is 0 Å². The van der Waals surface area contributed by atoms with Crippen molar-refractivity contribution in [1.82, 2.24) is 4.98 Å². The standard InChI is InChI=1S/C14H14ClNO/c1-8-9-4-2-6-11(15)13(9)16-14-10(8)5-3-7-12(14)17/h2,4,6,12,17H,3,5,7H2,1H3. The zero-order chi connectivity index (χ0) is 12.0. The van der Waals surface area contributed by atoms with Crippen LogP contribution in [-0.2, 0) is 6.42 Å². The number of benzene rings is 1. The summed E-state index contributed by atoms with van der Waals surface area (Å²) in [7, 11) is 0. The maximum absolute atomic E-state index is 10.0. The number of hydrogen-bond acceptors (Lipinski definition) is 2. The van der Waals surface area contributed by atoms with Gasteiger partial charge in [-0.2, -0.15) is 0 Å². The van der Waals surface area contributed by atoms with E-state index in [1.54, 1.807) is 0 Å². The molecule has 0 fully saturated rings. The van der Waals surface area contributed by atoms with E-state index in [0.717, 1.165) is 35.9 Å². The van der Waals surface area contributed by atoms with Crippen LogP contribution in [0.15, 0.2) is 18.2 Å². The lowest BCUT2D eigenvalue weighted by molar-refractivity contribution is 0.152. The molecule has 0 aliphatic heterocycles. The Hall–Kier alpha value is -1.12. The predicted octanol–water partition coefficient (Wildman–Crippen LogP) is 3.57. The van der Waals surface area contributed by atoms with Crippen LogP contribution in [0.5, 0.6) is 0 Å². The van der Waals surface area contributed by atoms with Gasteiger partial charge in [-0.05, 0) is 43.4 Å². The quantitative estimate of drug-likeness (QED) is 0.772. The van der Waals surface area contributed by atoms with Gasteiger partial charge < -0.3 is 5.11 Å². The second kappa shape index (κ2) is 3.97. The number of aliphatic hydroxyl groups excluding tert-OH is 1. The van der Waals surface area contributed by atoms with E-state index in [2.05, 4.69) is 11.9 Å². The summed E-state index contributed by atoms with van der Waals surface area (Å²) in [5, 5.41) is 11.8. The van der Waals surface area contributed by atoms with Crippen LogP contribution in [0.2, 0.25) is 5.02 Å². The highest BCUT2D eigenvalue weighted by Crippen LogP contribution is 2.35. The monoisotopic (exact) mass is 247 g/mol. The summed E-state index contributed by atoms with van der Waals surface area (Å²) in [5.41, 5.74) is 4.06. The normalized spacial score (nSPS) is 19.4. The van der Waals surface area contributed by atoms with E-state index >= 15 is 0 Å². The van der Waals surface area contributed by atoms with Gasteiger partial charge in [-0.25, -0.2) is 4.98 Å². The first-order valence-electron chi connectivity index (χ1n) is 5.94. The molecular weight excluding hydrogens is 234 g/mol. The Morgan fingerprint density at radius 1 is 1.41 bits per heavy atom. The Kier molecular flexibility index (Phi) is 2.57. The number of halogens is 1. The molecule has 1 aromatic heterocycles. The summed E-state index contributed by atoms with van der Waals surface area (Å²) < 4.78 is 0. The summed E-state index contributed by atoms with van der Waals surface area (Å²) in [4.78, 5) is 4.58. The minimum atomic E-state index is -0.432. The maximum Gasteiger partial charge on any atom is 0.0963 e. The van der Waals surface area contributed by atoms with Gasteiger partial charge in [0, 0.05) is 5.39 Å². The minimum absolute atomic E-state index is 0.432. The van der Waals surface area contributed by atoms with Gasteiger partial charge in [-0.15, -0.1) is 0 Å². The zero-order valence-corrected chi connectivity index (χ0v) is 10.5. The molecule has 0 saturated carbocycles. The first kappa shape index (κ1) is 11.0. The van der Waals surface area contributed by atoms with Gasteiger partial charge in [0.2, 0.25) is 0 Å². The first-order chi connectivity index (χ1) is 8.18. The van der Waals surface area contributed by atoms with Crippen molar-refractivity contribution in [2.45, 2.75) is 32.3 Å². The zero-order valence-electron chi connectivity index (χ0n) is 9.70. The third kappa shape index (κ3) is 1.63. The molecule has 0 radical (unpaired) electrons. The third-order valence-corrected chi connectivity index (χ3v) is 3.91. The number of hydrogen-bond donors (Lipinski definition) is 1. The van der Waals surface area contributed by atoms with Gasteiger partial charge in [0.15, 0.2) is 0 Å². The summed E-state index contributed by atoms with van der Waals surface area (Å²) in [5.74, 6) is 0. The van der Waals surface area contributed by atoms with Crippen LogP contribution in [0.1, 0.15) is 35.8 Å². The first-order valence-corrected chi connectivity index (χ1v) is 6.32. The van der Waals surface area contributed by atoms with Crippen molar-refractivity contribution >= 4 is 22.5 Å². The van der Waals surface area contributed by atoms with E-state index in [0.29, 0.717) is 5.02 Å². The van der Waals surface area contributed by atoms with Crippen LogP contribution < -0.4 is 0 Å². The Morgan fingerprint density at radius 2 is 2.24 bits per heavy atom. The van der Waals surface area contributed by atoms with Crippen molar-refractivity contribution in [3.05, 3.63) is 40.0 Å². The molecule has 88 valence electrons. The van der Waals surface area contributed by atoms with E-state index in [1.165, 1.54) is 11.1 Å². The van der Waals surface area contributed by atoms with Crippen molar-refractivity contribution < 1.29 is 5.11 Å². The summed E-state index contributed by atoms with van der Waals surface area (Å²) in [6.45, 7) is 2.09. The number of nitrogens with zero attached hydrogens (tertiary/aromatic N) is 1. The topological polar surface area (TPSA) is 33.1 Å². The fourth-order valence-corrected chi connectivity index (χ4v) is 2.89. The highest BCUT2D eigenvalue weighted by atomic mass is 35.5. The second-order valence-corrected chi connectivity index (χ2v) is 5.05. The Bertz CT molecular complexity index is 594. The van der Waals surface area contributed by atoms with Gasteiger partial charge in [-0.1, -0.05) is 23.7 Å². The minimum Gasteiger partial charge on any atom is -0.387 e. The van der Waals surface area contributed by atoms with Gasteiger partial charge in [0.05, 0.1) is 22.3 Å². The number of para-hydroxylation sites is 1. The van der Waals surface area contributed by atoms with Gasteiger partial charge in [0.25, 0.3) is 0 Å². The fourth-order valence-electron chi connectivity index (χ4n) is 2.67. The molecule has 1 N–H and O–H groups in total. The van der Waals surface area contributed by atoms with E-state index in [-0.39, 0.29) is 0 Å². The lowest BCUT2D eigenvalue weighted by Gasteiger charge is -2.23. The molecule has 2 aromatic rings. The highest BCUT2D eigenvalue weighted by Gasteiger charge is 2.22. The summed E-state index contributed by atoms with van der Waals surface area (Å²) in [6, 6.07) is 5.84. The molecule has 0 saturated heterocycles. The maximum atomic E-state index is 10.0. The molecule has 1 unspecified atom stereocenters. The average Bonchev–Trinajstić information content (AvgIpc) is 2.32. The third-order valence-electron chi connectivity index (χ3n) is 3.60. The number of fused-ring (bicyclic) bond motifs is 2. The lowest BCUT2D eigenvalue weighted by Crippen LogP contribution is -2.13. The van der Waals surface area contributed by atoms with Gasteiger partial charge in [-0.3, -0.25) is 0 Å². The lowest BCUT2D eigenvalue weighted by atomic mass is 9.89. The molecule has 2 nitrogen and oxygen atoms in total. The van der Waals surface area contributed by atoms with Gasteiger partial charge >= 0.3 is 0 Å². The van der Waals surface area contributed by atoms with Gasteiger partial charge in [0.1, 0.15) is 0 Å². The molecule has 0 amide bonds. The molecule has 1 aromatic carbocycles. The number of rotatable bonds is 0. The van der Waals surface area contributed by atoms with Crippen LogP contribution in [0.3, 0.4) is 0 Å². The molecule has 1 aliphatic rings. The summed E-state index contributed by atoms with van der Waals surface area (Å²) >= 11 is 6.18. The largest absolute Gasteiger partial charge is 0.387 e. The highest BCUT2D eigenvalue weighted by molar-refractivity contribution is 6.35. The van der Waals surface area contributed by atoms with Crippen molar-refractivity contribution in [3.8, 4) is 0 Å².